The Morgan fingerprint density at radius 3 is 2.63 bits per heavy atom. The molecule has 0 N–H and O–H groups in total. The van der Waals surface area contributed by atoms with E-state index in [-0.39, 0.29) is 11.4 Å². The van der Waals surface area contributed by atoms with Crippen molar-refractivity contribution in [2.24, 2.45) is 0 Å². The van der Waals surface area contributed by atoms with Crippen LogP contribution in [0.1, 0.15) is 30.5 Å². The molecule has 0 bridgehead atoms. The molecule has 140 valence electrons. The molecular formula is C21H22N2O4. The van der Waals surface area contributed by atoms with Crippen molar-refractivity contribution in [3.63, 3.8) is 0 Å². The van der Waals surface area contributed by atoms with Gasteiger partial charge in [-0.25, -0.2) is 0 Å². The highest BCUT2D eigenvalue weighted by molar-refractivity contribution is 5.75. The SMILES string of the molecule is COc1cc2c(c([N+](=O)[O-])c1)OC1(C=C2)N(C)c2cc(C)ccc2C1(C)C. The van der Waals surface area contributed by atoms with Gasteiger partial charge in [-0.3, -0.25) is 10.1 Å². The van der Waals surface area contributed by atoms with E-state index in [0.29, 0.717) is 11.3 Å². The maximum absolute atomic E-state index is 11.7. The van der Waals surface area contributed by atoms with Crippen molar-refractivity contribution < 1.29 is 14.4 Å². The summed E-state index contributed by atoms with van der Waals surface area (Å²) in [6.07, 6.45) is 3.89. The molecule has 1 unspecified atom stereocenters. The molecule has 1 atom stereocenters. The first kappa shape index (κ1) is 17.4. The van der Waals surface area contributed by atoms with Gasteiger partial charge in [-0.1, -0.05) is 12.1 Å². The van der Waals surface area contributed by atoms with Gasteiger partial charge in [0.15, 0.2) is 0 Å². The first-order valence-corrected chi connectivity index (χ1v) is 8.81. The number of ether oxygens (including phenoxy) is 2. The van der Waals surface area contributed by atoms with E-state index in [9.17, 15) is 10.1 Å². The standard InChI is InChI=1S/C21H22N2O4/c1-13-6-7-16-17(10-13)22(4)21(20(16,2)3)9-8-14-11-15(26-5)12-18(23(24)25)19(14)27-21/h6-12H,1-5H3. The lowest BCUT2D eigenvalue weighted by atomic mass is 9.76. The van der Waals surface area contributed by atoms with Crippen LogP contribution in [0.3, 0.4) is 0 Å². The number of methoxy groups -OCH3 is 1. The molecule has 0 amide bonds. The Morgan fingerprint density at radius 2 is 1.96 bits per heavy atom. The van der Waals surface area contributed by atoms with Crippen molar-refractivity contribution in [2.75, 3.05) is 19.1 Å². The molecule has 1 spiro atoms. The largest absolute Gasteiger partial charge is 0.496 e. The first-order chi connectivity index (χ1) is 12.7. The van der Waals surface area contributed by atoms with Gasteiger partial charge in [0.25, 0.3) is 0 Å². The highest BCUT2D eigenvalue weighted by Crippen LogP contribution is 2.55. The fourth-order valence-electron chi connectivity index (χ4n) is 4.24. The summed E-state index contributed by atoms with van der Waals surface area (Å²) in [5, 5.41) is 11.7. The molecule has 6 nitrogen and oxygen atoms in total. The summed E-state index contributed by atoms with van der Waals surface area (Å²) in [6.45, 7) is 6.26. The van der Waals surface area contributed by atoms with Crippen molar-refractivity contribution in [3.8, 4) is 11.5 Å². The van der Waals surface area contributed by atoms with Gasteiger partial charge in [0, 0.05) is 18.3 Å². The number of aryl methyl sites for hydroxylation is 1. The molecule has 2 aliphatic heterocycles. The summed E-state index contributed by atoms with van der Waals surface area (Å²) in [7, 11) is 3.46. The van der Waals surface area contributed by atoms with Crippen molar-refractivity contribution in [1.29, 1.82) is 0 Å². The van der Waals surface area contributed by atoms with Crippen LogP contribution in [-0.4, -0.2) is 24.8 Å². The molecule has 0 aliphatic carbocycles. The van der Waals surface area contributed by atoms with E-state index in [2.05, 4.69) is 43.9 Å². The molecular weight excluding hydrogens is 344 g/mol. The maximum Gasteiger partial charge on any atom is 0.315 e. The third kappa shape index (κ3) is 2.19. The van der Waals surface area contributed by atoms with Crippen molar-refractivity contribution in [3.05, 3.63) is 63.2 Å². The van der Waals surface area contributed by atoms with E-state index in [1.54, 1.807) is 6.07 Å². The molecule has 0 saturated heterocycles. The van der Waals surface area contributed by atoms with Gasteiger partial charge in [0.2, 0.25) is 11.5 Å². The Morgan fingerprint density at radius 1 is 1.22 bits per heavy atom. The molecule has 0 fully saturated rings. The van der Waals surface area contributed by atoms with E-state index in [1.165, 1.54) is 13.2 Å². The summed E-state index contributed by atoms with van der Waals surface area (Å²) in [5.74, 6) is 0.704. The molecule has 0 aromatic heterocycles. The summed E-state index contributed by atoms with van der Waals surface area (Å²) < 4.78 is 11.7. The second-order valence-corrected chi connectivity index (χ2v) is 7.66. The van der Waals surface area contributed by atoms with Crippen LogP contribution < -0.4 is 14.4 Å². The van der Waals surface area contributed by atoms with Crippen molar-refractivity contribution >= 4 is 17.5 Å². The number of hydrogen-bond donors (Lipinski definition) is 0. The lowest BCUT2D eigenvalue weighted by Crippen LogP contribution is -2.58. The number of nitro groups is 1. The predicted molar refractivity (Wildman–Crippen MR) is 105 cm³/mol. The van der Waals surface area contributed by atoms with Gasteiger partial charge in [-0.05, 0) is 56.2 Å². The predicted octanol–water partition coefficient (Wildman–Crippen LogP) is 4.44. The van der Waals surface area contributed by atoms with Gasteiger partial charge in [0.05, 0.1) is 23.5 Å². The first-order valence-electron chi connectivity index (χ1n) is 8.81. The van der Waals surface area contributed by atoms with Crippen LogP contribution in [0.25, 0.3) is 6.08 Å². The van der Waals surface area contributed by atoms with Gasteiger partial charge in [-0.15, -0.1) is 0 Å². The van der Waals surface area contributed by atoms with Crippen molar-refractivity contribution in [1.82, 2.24) is 0 Å². The van der Waals surface area contributed by atoms with Gasteiger partial charge >= 0.3 is 5.69 Å². The van der Waals surface area contributed by atoms with E-state index >= 15 is 0 Å². The van der Waals surface area contributed by atoms with E-state index < -0.39 is 16.1 Å². The minimum absolute atomic E-state index is 0.0931. The average molecular weight is 366 g/mol. The molecule has 0 saturated carbocycles. The third-order valence-electron chi connectivity index (χ3n) is 5.83. The zero-order valence-corrected chi connectivity index (χ0v) is 16.1. The fourth-order valence-corrected chi connectivity index (χ4v) is 4.24. The Hall–Kier alpha value is -3.02. The van der Waals surface area contributed by atoms with Crippen LogP contribution in [0.5, 0.6) is 11.5 Å². The lowest BCUT2D eigenvalue weighted by Gasteiger charge is -2.45. The quantitative estimate of drug-likeness (QED) is 0.581. The number of likely N-dealkylation sites (N-methyl/N-ethyl adjacent to an activating group) is 1. The van der Waals surface area contributed by atoms with Crippen LogP contribution >= 0.6 is 0 Å². The lowest BCUT2D eigenvalue weighted by molar-refractivity contribution is -0.386. The minimum atomic E-state index is -0.852. The molecule has 2 aromatic carbocycles. The van der Waals surface area contributed by atoms with Gasteiger partial charge in [-0.2, -0.15) is 0 Å². The summed E-state index contributed by atoms with van der Waals surface area (Å²) in [5.41, 5.74) is 2.67. The van der Waals surface area contributed by atoms with Gasteiger partial charge in [0.1, 0.15) is 5.75 Å². The summed E-state index contributed by atoms with van der Waals surface area (Å²) >= 11 is 0. The Labute approximate surface area is 158 Å². The van der Waals surface area contributed by atoms with Gasteiger partial charge < -0.3 is 14.4 Å². The molecule has 4 rings (SSSR count). The van der Waals surface area contributed by atoms with E-state index in [4.69, 9.17) is 9.47 Å². The fraction of sp³-hybridized carbons (Fsp3) is 0.333. The Kier molecular flexibility index (Phi) is 3.54. The number of hydrogen-bond acceptors (Lipinski definition) is 5. The number of rotatable bonds is 2. The molecule has 0 radical (unpaired) electrons. The molecule has 6 heteroatoms. The smallest absolute Gasteiger partial charge is 0.315 e. The zero-order chi connectivity index (χ0) is 19.6. The number of fused-ring (bicyclic) bond motifs is 2. The summed E-state index contributed by atoms with van der Waals surface area (Å²) in [4.78, 5) is 13.3. The normalized spacial score (nSPS) is 21.6. The zero-order valence-electron chi connectivity index (χ0n) is 16.1. The van der Waals surface area contributed by atoms with Crippen LogP contribution in [0.15, 0.2) is 36.4 Å². The topological polar surface area (TPSA) is 64.8 Å². The third-order valence-corrected chi connectivity index (χ3v) is 5.83. The molecule has 2 aliphatic rings. The molecule has 2 aromatic rings. The Balaban J connectivity index is 1.92. The average Bonchev–Trinajstić information content (AvgIpc) is 2.79. The minimum Gasteiger partial charge on any atom is -0.496 e. The van der Waals surface area contributed by atoms with Crippen LogP contribution in [0.2, 0.25) is 0 Å². The summed E-state index contributed by atoms with van der Waals surface area (Å²) in [6, 6.07) is 9.49. The number of nitro benzene ring substituents is 1. The highest BCUT2D eigenvalue weighted by Gasteiger charge is 2.58. The number of benzene rings is 2. The Bertz CT molecular complexity index is 996. The van der Waals surface area contributed by atoms with E-state index in [0.717, 1.165) is 16.8 Å². The van der Waals surface area contributed by atoms with Crippen LogP contribution in [0.4, 0.5) is 11.4 Å². The highest BCUT2D eigenvalue weighted by atomic mass is 16.6. The van der Waals surface area contributed by atoms with Crippen molar-refractivity contribution in [2.45, 2.75) is 31.9 Å². The van der Waals surface area contributed by atoms with Crippen LogP contribution in [0, 0.1) is 17.0 Å². The van der Waals surface area contributed by atoms with E-state index in [1.807, 2.05) is 19.2 Å². The second kappa shape index (κ2) is 5.49. The second-order valence-electron chi connectivity index (χ2n) is 7.66. The number of anilines is 1. The maximum atomic E-state index is 11.7. The monoisotopic (exact) mass is 366 g/mol. The molecule has 27 heavy (non-hydrogen) atoms. The van der Waals surface area contributed by atoms with Crippen LogP contribution in [-0.2, 0) is 5.41 Å². The number of nitrogens with zero attached hydrogens (tertiary/aromatic N) is 2. The molecule has 2 heterocycles.